The third-order valence-corrected chi connectivity index (χ3v) is 4.61. The Morgan fingerprint density at radius 2 is 1.27 bits per heavy atom. The van der Waals surface area contributed by atoms with Crippen molar-refractivity contribution >= 4 is 30.7 Å². The molecule has 0 aromatic heterocycles. The molecule has 2 aromatic carbocycles. The van der Waals surface area contributed by atoms with Crippen molar-refractivity contribution in [2.45, 2.75) is 19.0 Å². The summed E-state index contributed by atoms with van der Waals surface area (Å²) in [6, 6.07) is 20.9. The van der Waals surface area contributed by atoms with Gasteiger partial charge in [-0.2, -0.15) is 0 Å². The molecular formula is C20H27Cl2N3O. The highest BCUT2D eigenvalue weighted by Gasteiger charge is 2.28. The van der Waals surface area contributed by atoms with E-state index in [1.165, 1.54) is 11.1 Å². The van der Waals surface area contributed by atoms with E-state index in [1.807, 2.05) is 17.0 Å². The molecule has 1 fully saturated rings. The average molecular weight is 396 g/mol. The zero-order valence-corrected chi connectivity index (χ0v) is 16.6. The van der Waals surface area contributed by atoms with E-state index >= 15 is 0 Å². The minimum Gasteiger partial charge on any atom is -0.339 e. The smallest absolute Gasteiger partial charge is 0.239 e. The first-order chi connectivity index (χ1) is 11.7. The van der Waals surface area contributed by atoms with Crippen LogP contribution in [-0.4, -0.2) is 47.9 Å². The Morgan fingerprint density at radius 3 is 1.65 bits per heavy atom. The minimum atomic E-state index is -0.421. The van der Waals surface area contributed by atoms with E-state index in [4.69, 9.17) is 5.73 Å². The molecule has 4 nitrogen and oxygen atoms in total. The van der Waals surface area contributed by atoms with Gasteiger partial charge in [0.05, 0.1) is 12.1 Å². The number of hydrogen-bond acceptors (Lipinski definition) is 3. The summed E-state index contributed by atoms with van der Waals surface area (Å²) in [4.78, 5) is 16.4. The third kappa shape index (κ3) is 5.21. The highest BCUT2D eigenvalue weighted by molar-refractivity contribution is 5.85. The van der Waals surface area contributed by atoms with Crippen molar-refractivity contribution in [1.29, 1.82) is 0 Å². The number of carbonyl (C=O) groups is 1. The van der Waals surface area contributed by atoms with Crippen LogP contribution in [0.1, 0.15) is 24.1 Å². The molecule has 26 heavy (non-hydrogen) atoms. The van der Waals surface area contributed by atoms with Crippen LogP contribution in [0.5, 0.6) is 0 Å². The molecule has 1 aliphatic heterocycles. The quantitative estimate of drug-likeness (QED) is 0.864. The molecule has 0 radical (unpaired) electrons. The largest absolute Gasteiger partial charge is 0.339 e. The van der Waals surface area contributed by atoms with Gasteiger partial charge in [-0.1, -0.05) is 60.7 Å². The predicted octanol–water partition coefficient (Wildman–Crippen LogP) is 3.11. The normalized spacial score (nSPS) is 15.7. The molecule has 2 aromatic rings. The maximum atomic E-state index is 12.1. The van der Waals surface area contributed by atoms with Crippen LogP contribution in [-0.2, 0) is 4.79 Å². The Morgan fingerprint density at radius 1 is 0.846 bits per heavy atom. The standard InChI is InChI=1S/C20H25N3O.2ClH/c1-16(21)20(24)23-14-12-22(13-15-23)19(17-8-4-2-5-9-17)18-10-6-3-7-11-18;;/h2-11,16,19H,12-15,21H2,1H3;2*1H. The summed E-state index contributed by atoms with van der Waals surface area (Å²) in [5.74, 6) is 0.0469. The first-order valence-corrected chi connectivity index (χ1v) is 8.55. The van der Waals surface area contributed by atoms with Gasteiger partial charge in [0.1, 0.15) is 0 Å². The van der Waals surface area contributed by atoms with Gasteiger partial charge in [-0.25, -0.2) is 0 Å². The van der Waals surface area contributed by atoms with Crippen LogP contribution >= 0.6 is 24.8 Å². The van der Waals surface area contributed by atoms with E-state index in [2.05, 4.69) is 53.4 Å². The van der Waals surface area contributed by atoms with E-state index in [0.717, 1.165) is 26.2 Å². The number of nitrogens with zero attached hydrogens (tertiary/aromatic N) is 2. The van der Waals surface area contributed by atoms with Gasteiger partial charge in [0.15, 0.2) is 0 Å². The molecule has 1 heterocycles. The Hall–Kier alpha value is -1.59. The van der Waals surface area contributed by atoms with Crippen LogP contribution in [0, 0.1) is 0 Å². The van der Waals surface area contributed by atoms with Gasteiger partial charge < -0.3 is 10.6 Å². The Balaban J connectivity index is 0.00000169. The van der Waals surface area contributed by atoms with Crippen molar-refractivity contribution in [3.8, 4) is 0 Å². The molecule has 1 amide bonds. The number of halogens is 2. The summed E-state index contributed by atoms with van der Waals surface area (Å²) in [5, 5.41) is 0. The molecule has 1 aliphatic rings. The van der Waals surface area contributed by atoms with Crippen molar-refractivity contribution < 1.29 is 4.79 Å². The first kappa shape index (κ1) is 22.5. The fourth-order valence-electron chi connectivity index (χ4n) is 3.37. The van der Waals surface area contributed by atoms with Crippen molar-refractivity contribution in [1.82, 2.24) is 9.80 Å². The van der Waals surface area contributed by atoms with Gasteiger partial charge in [-0.15, -0.1) is 24.8 Å². The molecule has 6 heteroatoms. The van der Waals surface area contributed by atoms with Gasteiger partial charge >= 0.3 is 0 Å². The number of benzene rings is 2. The summed E-state index contributed by atoms with van der Waals surface area (Å²) in [6.07, 6.45) is 0. The highest BCUT2D eigenvalue weighted by Crippen LogP contribution is 2.29. The molecular weight excluding hydrogens is 369 g/mol. The maximum Gasteiger partial charge on any atom is 0.239 e. The lowest BCUT2D eigenvalue weighted by Crippen LogP contribution is -2.53. The lowest BCUT2D eigenvalue weighted by atomic mass is 9.96. The number of carbonyl (C=O) groups excluding carboxylic acids is 1. The second-order valence-corrected chi connectivity index (χ2v) is 6.37. The Kier molecular flexibility index (Phi) is 9.09. The molecule has 0 spiro atoms. The lowest BCUT2D eigenvalue weighted by Gasteiger charge is -2.40. The number of nitrogens with two attached hydrogens (primary N) is 1. The van der Waals surface area contributed by atoms with E-state index in [0.29, 0.717) is 0 Å². The monoisotopic (exact) mass is 395 g/mol. The van der Waals surface area contributed by atoms with Crippen LogP contribution < -0.4 is 5.73 Å². The van der Waals surface area contributed by atoms with E-state index in [-0.39, 0.29) is 36.8 Å². The van der Waals surface area contributed by atoms with Crippen LogP contribution in [0.15, 0.2) is 60.7 Å². The molecule has 1 atom stereocenters. The van der Waals surface area contributed by atoms with Crippen LogP contribution in [0.3, 0.4) is 0 Å². The second-order valence-electron chi connectivity index (χ2n) is 6.37. The molecule has 0 aliphatic carbocycles. The molecule has 142 valence electrons. The number of rotatable bonds is 4. The predicted molar refractivity (Wildman–Crippen MR) is 111 cm³/mol. The molecule has 3 rings (SSSR count). The van der Waals surface area contributed by atoms with E-state index in [9.17, 15) is 4.79 Å². The third-order valence-electron chi connectivity index (χ3n) is 4.61. The summed E-state index contributed by atoms with van der Waals surface area (Å²) < 4.78 is 0. The van der Waals surface area contributed by atoms with E-state index in [1.54, 1.807) is 6.92 Å². The van der Waals surface area contributed by atoms with Crippen LogP contribution in [0.4, 0.5) is 0 Å². The molecule has 2 N–H and O–H groups in total. The number of amides is 1. The number of hydrogen-bond donors (Lipinski definition) is 1. The zero-order chi connectivity index (χ0) is 16.9. The van der Waals surface area contributed by atoms with Gasteiger partial charge in [0.25, 0.3) is 0 Å². The summed E-state index contributed by atoms with van der Waals surface area (Å²) in [5.41, 5.74) is 8.31. The summed E-state index contributed by atoms with van der Waals surface area (Å²) >= 11 is 0. The number of piperazine rings is 1. The lowest BCUT2D eigenvalue weighted by molar-refractivity contribution is -0.134. The average Bonchev–Trinajstić information content (AvgIpc) is 2.64. The SMILES string of the molecule is CC(N)C(=O)N1CCN(C(c2ccccc2)c2ccccc2)CC1.Cl.Cl. The molecule has 0 bridgehead atoms. The first-order valence-electron chi connectivity index (χ1n) is 8.55. The van der Waals surface area contributed by atoms with Crippen LogP contribution in [0.2, 0.25) is 0 Å². The van der Waals surface area contributed by atoms with Crippen molar-refractivity contribution in [3.05, 3.63) is 71.8 Å². The summed E-state index contributed by atoms with van der Waals surface area (Å²) in [7, 11) is 0. The van der Waals surface area contributed by atoms with Gasteiger partial charge in [-0.3, -0.25) is 9.69 Å². The maximum absolute atomic E-state index is 12.1. The Labute approximate surface area is 168 Å². The van der Waals surface area contributed by atoms with Crippen molar-refractivity contribution in [2.24, 2.45) is 5.73 Å². The fraction of sp³-hybridized carbons (Fsp3) is 0.350. The Bertz CT molecular complexity index is 620. The van der Waals surface area contributed by atoms with Crippen molar-refractivity contribution in [2.75, 3.05) is 26.2 Å². The van der Waals surface area contributed by atoms with Gasteiger partial charge in [0, 0.05) is 26.2 Å². The fourth-order valence-corrected chi connectivity index (χ4v) is 3.37. The summed E-state index contributed by atoms with van der Waals surface area (Å²) in [6.45, 7) is 4.93. The molecule has 1 unspecified atom stereocenters. The van der Waals surface area contributed by atoms with Gasteiger partial charge in [-0.05, 0) is 18.1 Å². The topological polar surface area (TPSA) is 49.6 Å². The highest BCUT2D eigenvalue weighted by atomic mass is 35.5. The zero-order valence-electron chi connectivity index (χ0n) is 15.0. The minimum absolute atomic E-state index is 0. The molecule has 1 saturated heterocycles. The van der Waals surface area contributed by atoms with Gasteiger partial charge in [0.2, 0.25) is 5.91 Å². The van der Waals surface area contributed by atoms with Crippen LogP contribution in [0.25, 0.3) is 0 Å². The van der Waals surface area contributed by atoms with E-state index < -0.39 is 6.04 Å². The molecule has 0 saturated carbocycles. The second kappa shape index (κ2) is 10.5. The van der Waals surface area contributed by atoms with Crippen molar-refractivity contribution in [3.63, 3.8) is 0 Å².